The van der Waals surface area contributed by atoms with E-state index in [1.165, 1.54) is 18.6 Å². The Morgan fingerprint density at radius 2 is 2.10 bits per heavy atom. The number of nitrogens with two attached hydrogens (primary N) is 1. The Morgan fingerprint density at radius 1 is 1.24 bits per heavy atom. The van der Waals surface area contributed by atoms with E-state index in [4.69, 9.17) is 5.73 Å². The fraction of sp³-hybridized carbons (Fsp3) is 0.200. The van der Waals surface area contributed by atoms with Crippen molar-refractivity contribution in [3.05, 3.63) is 53.6 Å². The summed E-state index contributed by atoms with van der Waals surface area (Å²) in [6.07, 6.45) is 5.96. The molecule has 6 heteroatoms. The third-order valence-electron chi connectivity index (χ3n) is 3.54. The number of carbonyl (C=O) groups is 2. The highest BCUT2D eigenvalue weighted by Gasteiger charge is 2.26. The molecule has 0 fully saturated rings. The minimum atomic E-state index is -0.472. The molecular formula is C15H14N4O2. The van der Waals surface area contributed by atoms with Gasteiger partial charge in [-0.3, -0.25) is 14.6 Å². The summed E-state index contributed by atoms with van der Waals surface area (Å²) in [5.74, 6) is -0.689. The van der Waals surface area contributed by atoms with Crippen LogP contribution in [-0.4, -0.2) is 28.3 Å². The molecule has 1 aromatic carbocycles. The molecule has 2 amide bonds. The molecule has 0 saturated carbocycles. The van der Waals surface area contributed by atoms with E-state index in [9.17, 15) is 9.59 Å². The Balaban J connectivity index is 2.04. The standard InChI is InChI=1S/C15H14N4O2/c16-14(20)11-3-1-5-13-10(11)4-2-8-19(13)15(21)12-9-17-6-7-18-12/h1,3,5-7,9H,2,4,8H2,(H2,16,20). The number of fused-ring (bicyclic) bond motifs is 1. The summed E-state index contributed by atoms with van der Waals surface area (Å²) in [5, 5.41) is 0. The average molecular weight is 282 g/mol. The van der Waals surface area contributed by atoms with E-state index in [-0.39, 0.29) is 11.6 Å². The van der Waals surface area contributed by atoms with Crippen LogP contribution < -0.4 is 10.6 Å². The van der Waals surface area contributed by atoms with Gasteiger partial charge < -0.3 is 10.6 Å². The van der Waals surface area contributed by atoms with Crippen LogP contribution in [0.15, 0.2) is 36.8 Å². The number of primary amides is 1. The van der Waals surface area contributed by atoms with Crippen molar-refractivity contribution >= 4 is 17.5 Å². The molecule has 2 heterocycles. The Labute approximate surface area is 121 Å². The van der Waals surface area contributed by atoms with Crippen LogP contribution in [0.5, 0.6) is 0 Å². The lowest BCUT2D eigenvalue weighted by Crippen LogP contribution is -2.36. The number of hydrogen-bond acceptors (Lipinski definition) is 4. The van der Waals surface area contributed by atoms with Crippen molar-refractivity contribution in [1.82, 2.24) is 9.97 Å². The third kappa shape index (κ3) is 2.35. The van der Waals surface area contributed by atoms with Crippen LogP contribution in [0, 0.1) is 0 Å². The topological polar surface area (TPSA) is 89.2 Å². The molecule has 0 bridgehead atoms. The summed E-state index contributed by atoms with van der Waals surface area (Å²) in [4.78, 5) is 33.7. The minimum Gasteiger partial charge on any atom is -0.366 e. The lowest BCUT2D eigenvalue weighted by Gasteiger charge is -2.30. The van der Waals surface area contributed by atoms with Crippen molar-refractivity contribution in [2.24, 2.45) is 5.73 Å². The van der Waals surface area contributed by atoms with E-state index in [0.29, 0.717) is 12.1 Å². The maximum absolute atomic E-state index is 12.6. The second kappa shape index (κ2) is 5.32. The van der Waals surface area contributed by atoms with Gasteiger partial charge in [0.05, 0.1) is 6.20 Å². The molecule has 0 unspecified atom stereocenters. The molecule has 0 saturated heterocycles. The van der Waals surface area contributed by atoms with E-state index in [0.717, 1.165) is 24.1 Å². The van der Waals surface area contributed by atoms with Gasteiger partial charge in [-0.25, -0.2) is 4.98 Å². The fourth-order valence-corrected chi connectivity index (χ4v) is 2.61. The molecule has 21 heavy (non-hydrogen) atoms. The van der Waals surface area contributed by atoms with Gasteiger partial charge in [0.25, 0.3) is 5.91 Å². The summed E-state index contributed by atoms with van der Waals surface area (Å²) in [6.45, 7) is 0.588. The largest absolute Gasteiger partial charge is 0.366 e. The molecule has 1 aromatic heterocycles. The molecule has 0 aliphatic carbocycles. The first kappa shape index (κ1) is 13.2. The van der Waals surface area contributed by atoms with Gasteiger partial charge in [-0.2, -0.15) is 0 Å². The highest BCUT2D eigenvalue weighted by atomic mass is 16.2. The SMILES string of the molecule is NC(=O)c1cccc2c1CCCN2C(=O)c1cnccn1. The Hall–Kier alpha value is -2.76. The molecule has 0 spiro atoms. The van der Waals surface area contributed by atoms with Gasteiger partial charge in [0.2, 0.25) is 5.91 Å². The summed E-state index contributed by atoms with van der Waals surface area (Å²) >= 11 is 0. The highest BCUT2D eigenvalue weighted by molar-refractivity contribution is 6.06. The zero-order valence-electron chi connectivity index (χ0n) is 11.3. The normalized spacial score (nSPS) is 13.6. The Morgan fingerprint density at radius 3 is 2.81 bits per heavy atom. The minimum absolute atomic E-state index is 0.217. The lowest BCUT2D eigenvalue weighted by atomic mass is 9.95. The molecule has 0 radical (unpaired) electrons. The maximum atomic E-state index is 12.6. The second-order valence-corrected chi connectivity index (χ2v) is 4.82. The van der Waals surface area contributed by atoms with Crippen molar-refractivity contribution in [3.63, 3.8) is 0 Å². The summed E-state index contributed by atoms with van der Waals surface area (Å²) in [6, 6.07) is 5.26. The Kier molecular flexibility index (Phi) is 3.35. The van der Waals surface area contributed by atoms with E-state index in [1.807, 2.05) is 6.07 Å². The van der Waals surface area contributed by atoms with Crippen molar-refractivity contribution in [2.75, 3.05) is 11.4 Å². The van der Waals surface area contributed by atoms with Crippen molar-refractivity contribution in [3.8, 4) is 0 Å². The number of anilines is 1. The van der Waals surface area contributed by atoms with Crippen LogP contribution in [0.25, 0.3) is 0 Å². The molecular weight excluding hydrogens is 268 g/mol. The van der Waals surface area contributed by atoms with Crippen molar-refractivity contribution < 1.29 is 9.59 Å². The first-order chi connectivity index (χ1) is 10.2. The monoisotopic (exact) mass is 282 g/mol. The van der Waals surface area contributed by atoms with E-state index in [2.05, 4.69) is 9.97 Å². The van der Waals surface area contributed by atoms with Gasteiger partial charge in [0, 0.05) is 30.2 Å². The lowest BCUT2D eigenvalue weighted by molar-refractivity contribution is 0.0973. The van der Waals surface area contributed by atoms with Gasteiger partial charge in [0.1, 0.15) is 5.69 Å². The van der Waals surface area contributed by atoms with Crippen LogP contribution in [0.4, 0.5) is 5.69 Å². The quantitative estimate of drug-likeness (QED) is 0.895. The predicted molar refractivity (Wildman–Crippen MR) is 77.0 cm³/mol. The van der Waals surface area contributed by atoms with Crippen LogP contribution in [0.2, 0.25) is 0 Å². The number of hydrogen-bond donors (Lipinski definition) is 1. The molecule has 106 valence electrons. The molecule has 6 nitrogen and oxygen atoms in total. The van der Waals surface area contributed by atoms with Gasteiger partial charge in [-0.15, -0.1) is 0 Å². The number of aromatic nitrogens is 2. The molecule has 1 aliphatic rings. The van der Waals surface area contributed by atoms with Gasteiger partial charge in [-0.05, 0) is 30.5 Å². The van der Waals surface area contributed by atoms with E-state index >= 15 is 0 Å². The summed E-state index contributed by atoms with van der Waals surface area (Å²) < 4.78 is 0. The molecule has 0 atom stereocenters. The van der Waals surface area contributed by atoms with Crippen LogP contribution >= 0.6 is 0 Å². The van der Waals surface area contributed by atoms with Crippen LogP contribution in [0.1, 0.15) is 32.8 Å². The summed E-state index contributed by atoms with van der Waals surface area (Å²) in [5.41, 5.74) is 7.73. The number of amides is 2. The average Bonchev–Trinajstić information content (AvgIpc) is 2.53. The van der Waals surface area contributed by atoms with E-state index in [1.54, 1.807) is 17.0 Å². The summed E-state index contributed by atoms with van der Waals surface area (Å²) in [7, 11) is 0. The first-order valence-corrected chi connectivity index (χ1v) is 6.68. The second-order valence-electron chi connectivity index (χ2n) is 4.82. The molecule has 2 aromatic rings. The number of nitrogens with zero attached hydrogens (tertiary/aromatic N) is 3. The molecule has 3 rings (SSSR count). The fourth-order valence-electron chi connectivity index (χ4n) is 2.61. The first-order valence-electron chi connectivity index (χ1n) is 6.68. The zero-order chi connectivity index (χ0) is 14.8. The van der Waals surface area contributed by atoms with Crippen molar-refractivity contribution in [1.29, 1.82) is 0 Å². The van der Waals surface area contributed by atoms with Crippen LogP contribution in [0.3, 0.4) is 0 Å². The Bertz CT molecular complexity index is 700. The maximum Gasteiger partial charge on any atom is 0.278 e. The number of benzene rings is 1. The molecule has 1 aliphatic heterocycles. The highest BCUT2D eigenvalue weighted by Crippen LogP contribution is 2.30. The predicted octanol–water partition coefficient (Wildman–Crippen LogP) is 1.17. The van der Waals surface area contributed by atoms with E-state index < -0.39 is 5.91 Å². The smallest absolute Gasteiger partial charge is 0.278 e. The van der Waals surface area contributed by atoms with Gasteiger partial charge in [-0.1, -0.05) is 6.07 Å². The van der Waals surface area contributed by atoms with Crippen molar-refractivity contribution in [2.45, 2.75) is 12.8 Å². The van der Waals surface area contributed by atoms with Gasteiger partial charge in [0.15, 0.2) is 0 Å². The van der Waals surface area contributed by atoms with Gasteiger partial charge >= 0.3 is 0 Å². The molecule has 2 N–H and O–H groups in total. The number of rotatable bonds is 2. The third-order valence-corrected chi connectivity index (χ3v) is 3.54. The number of carbonyl (C=O) groups excluding carboxylic acids is 2. The van der Waals surface area contributed by atoms with Crippen LogP contribution in [-0.2, 0) is 6.42 Å². The zero-order valence-corrected chi connectivity index (χ0v) is 11.3.